The summed E-state index contributed by atoms with van der Waals surface area (Å²) in [7, 11) is 1.50. The van der Waals surface area contributed by atoms with E-state index in [-0.39, 0.29) is 23.5 Å². The summed E-state index contributed by atoms with van der Waals surface area (Å²) in [4.78, 5) is 51.6. The number of nitro groups is 1. The lowest BCUT2D eigenvalue weighted by Crippen LogP contribution is -2.40. The number of hydrogen-bond acceptors (Lipinski definition) is 10. The molecular formula is C24H22N4O9. The van der Waals surface area contributed by atoms with Gasteiger partial charge in [-0.2, -0.15) is 4.98 Å². The highest BCUT2D eigenvalue weighted by Crippen LogP contribution is 2.31. The molecule has 1 aliphatic rings. The number of aliphatic hydroxyl groups excluding tert-OH is 2. The number of nitrogens with one attached hydrogen (secondary N) is 1. The molecule has 0 spiro atoms. The molecule has 37 heavy (non-hydrogen) atoms. The summed E-state index contributed by atoms with van der Waals surface area (Å²) >= 11 is 0. The molecule has 13 heteroatoms. The molecule has 0 bridgehead atoms. The molecule has 1 amide bonds. The Morgan fingerprint density at radius 2 is 1.81 bits per heavy atom. The first-order valence-electron chi connectivity index (χ1n) is 11.0. The number of carbonyl (C=O) groups excluding carboxylic acids is 2. The third-order valence-electron chi connectivity index (χ3n) is 5.81. The maximum atomic E-state index is 12.6. The van der Waals surface area contributed by atoms with Crippen LogP contribution in [-0.4, -0.2) is 61.8 Å². The molecule has 192 valence electrons. The number of hydrogen-bond donors (Lipinski definition) is 3. The minimum atomic E-state index is -1.78. The molecule has 3 aromatic rings. The van der Waals surface area contributed by atoms with E-state index in [9.17, 15) is 34.7 Å². The van der Waals surface area contributed by atoms with Gasteiger partial charge in [0, 0.05) is 35.9 Å². The summed E-state index contributed by atoms with van der Waals surface area (Å²) in [5, 5.41) is 34.2. The molecule has 0 aliphatic carbocycles. The van der Waals surface area contributed by atoms with Crippen LogP contribution in [0.2, 0.25) is 0 Å². The number of aromatic nitrogens is 2. The highest BCUT2D eigenvalue weighted by molar-refractivity contribution is 6.03. The van der Waals surface area contributed by atoms with Gasteiger partial charge in [0.2, 0.25) is 0 Å². The molecule has 4 rings (SSSR count). The third-order valence-corrected chi connectivity index (χ3v) is 5.81. The van der Waals surface area contributed by atoms with Crippen LogP contribution in [0.25, 0.3) is 0 Å². The van der Waals surface area contributed by atoms with Crippen molar-refractivity contribution in [2.45, 2.75) is 31.0 Å². The Labute approximate surface area is 209 Å². The fourth-order valence-corrected chi connectivity index (χ4v) is 3.83. The van der Waals surface area contributed by atoms with Crippen molar-refractivity contribution in [3.63, 3.8) is 0 Å². The number of ketones is 1. The van der Waals surface area contributed by atoms with E-state index in [0.29, 0.717) is 11.3 Å². The first-order valence-corrected chi connectivity index (χ1v) is 11.0. The SMILES string of the molecule is COc1ccc(C(=O)Nc2ccn([C@H]3C[C@H](O)[C@@H](C(O)C(=O)c4ccc([N+](=O)[O-])cc4)O3)c(=O)n2)cc1. The zero-order chi connectivity index (χ0) is 26.7. The van der Waals surface area contributed by atoms with E-state index >= 15 is 0 Å². The molecule has 2 aromatic carbocycles. The van der Waals surface area contributed by atoms with Crippen molar-refractivity contribution in [3.05, 3.63) is 92.5 Å². The summed E-state index contributed by atoms with van der Waals surface area (Å²) in [6, 6.07) is 12.3. The third kappa shape index (κ3) is 5.53. The Balaban J connectivity index is 1.43. The number of ether oxygens (including phenoxy) is 2. The van der Waals surface area contributed by atoms with E-state index in [1.54, 1.807) is 24.3 Å². The molecule has 1 aliphatic heterocycles. The van der Waals surface area contributed by atoms with Gasteiger partial charge in [0.15, 0.2) is 5.78 Å². The highest BCUT2D eigenvalue weighted by Gasteiger charge is 2.42. The number of non-ortho nitro benzene ring substituents is 1. The number of aliphatic hydroxyl groups is 2. The first-order chi connectivity index (χ1) is 17.7. The quantitative estimate of drug-likeness (QED) is 0.227. The largest absolute Gasteiger partial charge is 0.497 e. The monoisotopic (exact) mass is 510 g/mol. The van der Waals surface area contributed by atoms with Gasteiger partial charge in [0.25, 0.3) is 11.6 Å². The average molecular weight is 510 g/mol. The van der Waals surface area contributed by atoms with Crippen molar-refractivity contribution in [1.29, 1.82) is 0 Å². The average Bonchev–Trinajstić information content (AvgIpc) is 3.28. The number of methoxy groups -OCH3 is 1. The van der Waals surface area contributed by atoms with E-state index in [0.717, 1.165) is 16.7 Å². The lowest BCUT2D eigenvalue weighted by Gasteiger charge is -2.20. The molecule has 4 atom stereocenters. The van der Waals surface area contributed by atoms with Gasteiger partial charge in [-0.25, -0.2) is 4.79 Å². The fourth-order valence-electron chi connectivity index (χ4n) is 3.83. The minimum absolute atomic E-state index is 0.00635. The van der Waals surface area contributed by atoms with Crippen LogP contribution >= 0.6 is 0 Å². The van der Waals surface area contributed by atoms with Crippen LogP contribution in [-0.2, 0) is 4.74 Å². The van der Waals surface area contributed by atoms with Crippen LogP contribution in [0.4, 0.5) is 11.5 Å². The van der Waals surface area contributed by atoms with Gasteiger partial charge in [-0.15, -0.1) is 0 Å². The second kappa shape index (κ2) is 10.7. The van der Waals surface area contributed by atoms with Crippen molar-refractivity contribution < 1.29 is 34.2 Å². The van der Waals surface area contributed by atoms with Gasteiger partial charge in [-0.1, -0.05) is 0 Å². The Morgan fingerprint density at radius 1 is 1.16 bits per heavy atom. The number of benzene rings is 2. The predicted molar refractivity (Wildman–Crippen MR) is 127 cm³/mol. The maximum Gasteiger partial charge on any atom is 0.351 e. The molecule has 3 N–H and O–H groups in total. The minimum Gasteiger partial charge on any atom is -0.497 e. The summed E-state index contributed by atoms with van der Waals surface area (Å²) in [5.41, 5.74) is -0.697. The van der Waals surface area contributed by atoms with Gasteiger partial charge in [-0.3, -0.25) is 24.3 Å². The first kappa shape index (κ1) is 25.6. The van der Waals surface area contributed by atoms with Crippen molar-refractivity contribution in [2.75, 3.05) is 12.4 Å². The molecule has 1 fully saturated rings. The second-order valence-corrected chi connectivity index (χ2v) is 8.16. The predicted octanol–water partition coefficient (Wildman–Crippen LogP) is 1.30. The van der Waals surface area contributed by atoms with Crippen LogP contribution in [0, 0.1) is 10.1 Å². The molecule has 13 nitrogen and oxygen atoms in total. The van der Waals surface area contributed by atoms with E-state index in [1.807, 2.05) is 0 Å². The zero-order valence-corrected chi connectivity index (χ0v) is 19.4. The van der Waals surface area contributed by atoms with E-state index < -0.39 is 46.8 Å². The lowest BCUT2D eigenvalue weighted by atomic mass is 9.99. The topological polar surface area (TPSA) is 183 Å². The van der Waals surface area contributed by atoms with Crippen molar-refractivity contribution in [2.24, 2.45) is 0 Å². The van der Waals surface area contributed by atoms with Gasteiger partial charge in [0.1, 0.15) is 30.0 Å². The Kier molecular flexibility index (Phi) is 7.38. The van der Waals surface area contributed by atoms with Crippen LogP contribution in [0.1, 0.15) is 33.4 Å². The van der Waals surface area contributed by atoms with Crippen LogP contribution in [0.15, 0.2) is 65.6 Å². The van der Waals surface area contributed by atoms with Gasteiger partial charge < -0.3 is 25.0 Å². The van der Waals surface area contributed by atoms with Crippen molar-refractivity contribution in [3.8, 4) is 5.75 Å². The number of carbonyl (C=O) groups is 2. The van der Waals surface area contributed by atoms with Gasteiger partial charge >= 0.3 is 5.69 Å². The number of amides is 1. The van der Waals surface area contributed by atoms with E-state index in [2.05, 4.69) is 10.3 Å². The number of rotatable bonds is 8. The number of nitrogens with zero attached hydrogens (tertiary/aromatic N) is 3. The molecule has 1 unspecified atom stereocenters. The zero-order valence-electron chi connectivity index (χ0n) is 19.4. The van der Waals surface area contributed by atoms with E-state index in [4.69, 9.17) is 9.47 Å². The Hall–Kier alpha value is -4.46. The maximum absolute atomic E-state index is 12.6. The molecule has 1 aromatic heterocycles. The second-order valence-electron chi connectivity index (χ2n) is 8.16. The number of Topliss-reactive ketones (excluding diaryl/α,β-unsaturated/α-hetero) is 1. The Bertz CT molecular complexity index is 1370. The highest BCUT2D eigenvalue weighted by atomic mass is 16.6. The van der Waals surface area contributed by atoms with Gasteiger partial charge in [-0.05, 0) is 42.5 Å². The van der Waals surface area contributed by atoms with Gasteiger partial charge in [0.05, 0.1) is 18.1 Å². The molecule has 0 saturated carbocycles. The standard InChI is InChI=1S/C24H22N4O9/c1-36-16-8-4-14(5-9-16)23(32)25-18-10-11-27(24(33)26-18)19-12-17(29)22(37-19)21(31)20(30)13-2-6-15(7-3-13)28(34)35/h2-11,17,19,21-22,29,31H,12H2,1H3,(H,25,26,32,33)/t17-,19+,21?,22-/m0/s1. The smallest absolute Gasteiger partial charge is 0.351 e. The summed E-state index contributed by atoms with van der Waals surface area (Å²) in [6.07, 6.45) is -4.27. The summed E-state index contributed by atoms with van der Waals surface area (Å²) < 4.78 is 11.7. The van der Waals surface area contributed by atoms with Crippen LogP contribution in [0.5, 0.6) is 5.75 Å². The summed E-state index contributed by atoms with van der Waals surface area (Å²) in [6.45, 7) is 0. The van der Waals surface area contributed by atoms with Crippen molar-refractivity contribution >= 4 is 23.2 Å². The molecular weight excluding hydrogens is 488 g/mol. The molecule has 0 radical (unpaired) electrons. The van der Waals surface area contributed by atoms with Crippen LogP contribution < -0.4 is 15.7 Å². The summed E-state index contributed by atoms with van der Waals surface area (Å²) in [5.74, 6) is -0.728. The van der Waals surface area contributed by atoms with Crippen LogP contribution in [0.3, 0.4) is 0 Å². The van der Waals surface area contributed by atoms with Crippen molar-refractivity contribution in [1.82, 2.24) is 9.55 Å². The Morgan fingerprint density at radius 3 is 2.41 bits per heavy atom. The van der Waals surface area contributed by atoms with E-state index in [1.165, 1.54) is 31.5 Å². The fraction of sp³-hybridized carbons (Fsp3) is 0.250. The molecule has 2 heterocycles. The number of anilines is 1. The molecule has 1 saturated heterocycles. The normalized spacial score (nSPS) is 19.7. The number of nitro benzene ring substituents is 1. The lowest BCUT2D eigenvalue weighted by molar-refractivity contribution is -0.384.